The van der Waals surface area contributed by atoms with Crippen molar-refractivity contribution in [3.63, 3.8) is 0 Å². The van der Waals surface area contributed by atoms with Gasteiger partial charge in [0, 0.05) is 19.7 Å². The molecular weight excluding hydrogens is 266 g/mol. The van der Waals surface area contributed by atoms with Crippen LogP contribution >= 0.6 is 0 Å². The van der Waals surface area contributed by atoms with Crippen LogP contribution in [0.1, 0.15) is 12.8 Å². The van der Waals surface area contributed by atoms with Gasteiger partial charge < -0.3 is 15.4 Å². The Hall–Kier alpha value is -1.31. The van der Waals surface area contributed by atoms with Gasteiger partial charge in [-0.1, -0.05) is 6.07 Å². The maximum atomic E-state index is 11.5. The summed E-state index contributed by atoms with van der Waals surface area (Å²) in [5.74, 6) is 0. The molecule has 0 atom stereocenters. The van der Waals surface area contributed by atoms with Crippen LogP contribution in [0.15, 0.2) is 23.1 Å². The molecule has 6 nitrogen and oxygen atoms in total. The lowest BCUT2D eigenvalue weighted by atomic mass is 10.2. The minimum absolute atomic E-state index is 0.0203. The fraction of sp³-hybridized carbons (Fsp3) is 0.500. The highest BCUT2D eigenvalue weighted by molar-refractivity contribution is 7.89. The third-order valence-corrected chi connectivity index (χ3v) is 4.15. The molecule has 0 unspecified atom stereocenters. The first-order valence-electron chi connectivity index (χ1n) is 6.12. The summed E-state index contributed by atoms with van der Waals surface area (Å²) in [5.41, 5.74) is 6.90. The number of nitrogen functional groups attached to an aromatic ring is 1. The number of rotatable bonds is 6. The van der Waals surface area contributed by atoms with Crippen molar-refractivity contribution < 1.29 is 13.2 Å². The number of benzene rings is 1. The van der Waals surface area contributed by atoms with E-state index >= 15 is 0 Å². The zero-order valence-corrected chi connectivity index (χ0v) is 11.7. The number of methoxy groups -OCH3 is 1. The van der Waals surface area contributed by atoms with E-state index in [4.69, 9.17) is 15.6 Å². The summed E-state index contributed by atoms with van der Waals surface area (Å²) in [7, 11) is -2.16. The third kappa shape index (κ3) is 3.17. The minimum atomic E-state index is -3.80. The average molecular weight is 285 g/mol. The summed E-state index contributed by atoms with van der Waals surface area (Å²) in [6, 6.07) is 5.31. The minimum Gasteiger partial charge on any atom is -0.396 e. The van der Waals surface area contributed by atoms with E-state index in [1.54, 1.807) is 13.2 Å². The van der Waals surface area contributed by atoms with Crippen LogP contribution in [0, 0.1) is 0 Å². The third-order valence-electron chi connectivity index (χ3n) is 3.18. The Labute approximate surface area is 113 Å². The Balaban J connectivity index is 2.37. The lowest BCUT2D eigenvalue weighted by molar-refractivity contribution is 0.205. The van der Waals surface area contributed by atoms with E-state index in [9.17, 15) is 8.42 Å². The number of sulfonamides is 1. The fourth-order valence-corrected chi connectivity index (χ4v) is 2.79. The summed E-state index contributed by atoms with van der Waals surface area (Å²) in [5, 5.41) is 5.17. The summed E-state index contributed by atoms with van der Waals surface area (Å²) < 4.78 is 28.0. The van der Waals surface area contributed by atoms with Crippen molar-refractivity contribution >= 4 is 21.4 Å². The quantitative estimate of drug-likeness (QED) is 0.743. The molecule has 19 heavy (non-hydrogen) atoms. The normalized spacial score (nSPS) is 15.5. The molecule has 1 aliphatic rings. The molecule has 1 aromatic rings. The number of ether oxygens (including phenoxy) is 1. The van der Waals surface area contributed by atoms with Gasteiger partial charge in [0.25, 0.3) is 0 Å². The largest absolute Gasteiger partial charge is 0.396 e. The van der Waals surface area contributed by atoms with Crippen molar-refractivity contribution in [2.75, 3.05) is 30.9 Å². The lowest BCUT2D eigenvalue weighted by Gasteiger charge is -2.26. The monoisotopic (exact) mass is 285 g/mol. The molecule has 0 amide bonds. The molecule has 2 rings (SSSR count). The second-order valence-corrected chi connectivity index (χ2v) is 6.18. The van der Waals surface area contributed by atoms with E-state index in [1.807, 2.05) is 6.07 Å². The second-order valence-electron chi connectivity index (χ2n) is 4.65. The summed E-state index contributed by atoms with van der Waals surface area (Å²) in [6.45, 7) is 1.25. The Bertz CT molecular complexity index is 555. The van der Waals surface area contributed by atoms with E-state index in [0.29, 0.717) is 24.9 Å². The summed E-state index contributed by atoms with van der Waals surface area (Å²) in [4.78, 5) is 2.07. The fourth-order valence-electron chi connectivity index (χ4n) is 2.11. The van der Waals surface area contributed by atoms with Crippen molar-refractivity contribution in [1.29, 1.82) is 0 Å². The van der Waals surface area contributed by atoms with Crippen LogP contribution in [-0.4, -0.2) is 34.7 Å². The predicted octanol–water partition coefficient (Wildman–Crippen LogP) is 0.531. The average Bonchev–Trinajstić information content (AvgIpc) is 3.14. The molecular formula is C12H19N3O3S. The zero-order valence-electron chi connectivity index (χ0n) is 10.9. The van der Waals surface area contributed by atoms with E-state index < -0.39 is 10.0 Å². The Kier molecular flexibility index (Phi) is 3.98. The SMILES string of the molecule is COCCN(c1cccc(S(N)(=O)=O)c1N)C1CC1. The number of anilines is 2. The molecule has 1 fully saturated rings. The topological polar surface area (TPSA) is 98.6 Å². The number of nitrogens with zero attached hydrogens (tertiary/aromatic N) is 1. The van der Waals surface area contributed by atoms with Crippen molar-refractivity contribution in [2.45, 2.75) is 23.8 Å². The second kappa shape index (κ2) is 5.36. The molecule has 0 saturated heterocycles. The van der Waals surface area contributed by atoms with Crippen molar-refractivity contribution in [3.05, 3.63) is 18.2 Å². The number of primary sulfonamides is 1. The van der Waals surface area contributed by atoms with Crippen LogP contribution in [0.3, 0.4) is 0 Å². The highest BCUT2D eigenvalue weighted by Gasteiger charge is 2.31. The summed E-state index contributed by atoms with van der Waals surface area (Å²) in [6.07, 6.45) is 2.17. The van der Waals surface area contributed by atoms with Gasteiger partial charge in [-0.3, -0.25) is 0 Å². The van der Waals surface area contributed by atoms with Crippen LogP contribution in [0.2, 0.25) is 0 Å². The molecule has 1 aromatic carbocycles. The Morgan fingerprint density at radius 2 is 2.11 bits per heavy atom. The van der Waals surface area contributed by atoms with Gasteiger partial charge in [0.2, 0.25) is 10.0 Å². The van der Waals surface area contributed by atoms with Crippen LogP contribution in [-0.2, 0) is 14.8 Å². The first kappa shape index (κ1) is 14.1. The van der Waals surface area contributed by atoms with Crippen molar-refractivity contribution in [2.24, 2.45) is 5.14 Å². The zero-order chi connectivity index (χ0) is 14.0. The Morgan fingerprint density at radius 3 is 2.63 bits per heavy atom. The van der Waals surface area contributed by atoms with Gasteiger partial charge in [0.05, 0.1) is 18.0 Å². The van der Waals surface area contributed by atoms with Gasteiger partial charge in [0.15, 0.2) is 0 Å². The van der Waals surface area contributed by atoms with Gasteiger partial charge in [0.1, 0.15) is 4.90 Å². The molecule has 0 bridgehead atoms. The van der Waals surface area contributed by atoms with E-state index in [0.717, 1.165) is 12.8 Å². The van der Waals surface area contributed by atoms with Crippen molar-refractivity contribution in [3.8, 4) is 0 Å². The molecule has 0 aliphatic heterocycles. The lowest BCUT2D eigenvalue weighted by Crippen LogP contribution is -2.30. The summed E-state index contributed by atoms with van der Waals surface area (Å²) >= 11 is 0. The van der Waals surface area contributed by atoms with Gasteiger partial charge in [-0.2, -0.15) is 0 Å². The van der Waals surface area contributed by atoms with Gasteiger partial charge >= 0.3 is 0 Å². The Morgan fingerprint density at radius 1 is 1.42 bits per heavy atom. The molecule has 1 aliphatic carbocycles. The number of nitrogens with two attached hydrogens (primary N) is 2. The number of hydrogen-bond donors (Lipinski definition) is 2. The van der Waals surface area contributed by atoms with Crippen molar-refractivity contribution in [1.82, 2.24) is 0 Å². The smallest absolute Gasteiger partial charge is 0.240 e. The standard InChI is InChI=1S/C12H19N3O3S/c1-18-8-7-15(9-5-6-9)10-3-2-4-11(12(10)13)19(14,16)17/h2-4,9H,5-8,13H2,1H3,(H2,14,16,17). The molecule has 1 saturated carbocycles. The van der Waals surface area contributed by atoms with Crippen LogP contribution < -0.4 is 15.8 Å². The van der Waals surface area contributed by atoms with Crippen LogP contribution in [0.5, 0.6) is 0 Å². The molecule has 0 aromatic heterocycles. The first-order chi connectivity index (χ1) is 8.95. The molecule has 0 spiro atoms. The maximum absolute atomic E-state index is 11.5. The molecule has 4 N–H and O–H groups in total. The number of hydrogen-bond acceptors (Lipinski definition) is 5. The van der Waals surface area contributed by atoms with Gasteiger partial charge in [-0.25, -0.2) is 13.6 Å². The van der Waals surface area contributed by atoms with E-state index in [-0.39, 0.29) is 10.6 Å². The van der Waals surface area contributed by atoms with E-state index in [1.165, 1.54) is 6.07 Å². The molecule has 0 heterocycles. The number of para-hydroxylation sites is 1. The van der Waals surface area contributed by atoms with Crippen LogP contribution in [0.4, 0.5) is 11.4 Å². The molecule has 0 radical (unpaired) electrons. The van der Waals surface area contributed by atoms with Gasteiger partial charge in [-0.05, 0) is 25.0 Å². The highest BCUT2D eigenvalue weighted by atomic mass is 32.2. The molecule has 106 valence electrons. The maximum Gasteiger partial charge on any atom is 0.240 e. The highest BCUT2D eigenvalue weighted by Crippen LogP contribution is 2.36. The predicted molar refractivity (Wildman–Crippen MR) is 74.5 cm³/mol. The van der Waals surface area contributed by atoms with Crippen LogP contribution in [0.25, 0.3) is 0 Å². The van der Waals surface area contributed by atoms with E-state index in [2.05, 4.69) is 4.90 Å². The first-order valence-corrected chi connectivity index (χ1v) is 7.66. The van der Waals surface area contributed by atoms with Gasteiger partial charge in [-0.15, -0.1) is 0 Å². The molecule has 7 heteroatoms.